The molecule has 1 aromatic carbocycles. The summed E-state index contributed by atoms with van der Waals surface area (Å²) in [6, 6.07) is 3.45. The number of nitrogens with one attached hydrogen (secondary N) is 1. The predicted octanol–water partition coefficient (Wildman–Crippen LogP) is 1.01. The molecule has 10 heteroatoms. The molecule has 0 radical (unpaired) electrons. The molecule has 0 bridgehead atoms. The fourth-order valence-electron chi connectivity index (χ4n) is 3.87. The fourth-order valence-corrected chi connectivity index (χ4v) is 3.87. The molecule has 1 aromatic heterocycles. The number of methoxy groups -OCH3 is 1. The van der Waals surface area contributed by atoms with Crippen LogP contribution in [0.25, 0.3) is 10.9 Å². The number of anilines is 3. The molecule has 4 rings (SSSR count). The number of aromatic nitrogens is 2. The van der Waals surface area contributed by atoms with Crippen molar-refractivity contribution in [2.24, 2.45) is 0 Å². The highest BCUT2D eigenvalue weighted by Crippen LogP contribution is 2.33. The van der Waals surface area contributed by atoms with Crippen LogP contribution in [0.2, 0.25) is 0 Å². The Bertz CT molecular complexity index is 967. The molecule has 0 saturated carbocycles. The minimum Gasteiger partial charge on any atom is -0.495 e. The Morgan fingerprint density at radius 1 is 1.23 bits per heavy atom. The van der Waals surface area contributed by atoms with E-state index in [0.717, 1.165) is 12.8 Å². The molecule has 30 heavy (non-hydrogen) atoms. The first-order valence-electron chi connectivity index (χ1n) is 10.0. The zero-order valence-electron chi connectivity index (χ0n) is 17.2. The standard InChI is InChI=1S/C20H26N6O4/c1-12(27)22-15-11-14-13(10-17(15)29-2)18(21)24-20(23-14)26-7-5-25(6-8-26)19(28)16-4-3-9-30-16/h10-11,16H,3-9H2,1-2H3,(H,22,27)(H2,21,23,24). The van der Waals surface area contributed by atoms with Crippen molar-refractivity contribution in [3.63, 3.8) is 0 Å². The molecule has 3 N–H and O–H groups in total. The summed E-state index contributed by atoms with van der Waals surface area (Å²) in [4.78, 5) is 37.0. The van der Waals surface area contributed by atoms with Crippen molar-refractivity contribution in [1.29, 1.82) is 0 Å². The highest BCUT2D eigenvalue weighted by Gasteiger charge is 2.31. The van der Waals surface area contributed by atoms with Gasteiger partial charge in [-0.2, -0.15) is 4.98 Å². The van der Waals surface area contributed by atoms with E-state index in [1.807, 2.05) is 9.80 Å². The van der Waals surface area contributed by atoms with Crippen LogP contribution in [0.3, 0.4) is 0 Å². The molecule has 2 saturated heterocycles. The number of amides is 2. The second-order valence-electron chi connectivity index (χ2n) is 7.47. The number of nitrogens with zero attached hydrogens (tertiary/aromatic N) is 4. The second-order valence-corrected chi connectivity index (χ2v) is 7.47. The number of nitrogen functional groups attached to an aromatic ring is 1. The van der Waals surface area contributed by atoms with Gasteiger partial charge in [-0.1, -0.05) is 0 Å². The Balaban J connectivity index is 1.54. The molecule has 160 valence electrons. The highest BCUT2D eigenvalue weighted by atomic mass is 16.5. The molecule has 0 aliphatic carbocycles. The minimum atomic E-state index is -0.300. The van der Waals surface area contributed by atoms with Crippen LogP contribution in [0.5, 0.6) is 5.75 Å². The molecule has 2 aliphatic rings. The van der Waals surface area contributed by atoms with Gasteiger partial charge in [0.05, 0.1) is 18.3 Å². The van der Waals surface area contributed by atoms with E-state index >= 15 is 0 Å². The van der Waals surface area contributed by atoms with Gasteiger partial charge in [0.15, 0.2) is 0 Å². The molecule has 1 atom stereocenters. The zero-order chi connectivity index (χ0) is 21.3. The number of piperazine rings is 1. The number of hydrogen-bond acceptors (Lipinski definition) is 8. The van der Waals surface area contributed by atoms with Gasteiger partial charge < -0.3 is 30.3 Å². The number of carbonyl (C=O) groups excluding carboxylic acids is 2. The van der Waals surface area contributed by atoms with Crippen molar-refractivity contribution in [3.05, 3.63) is 12.1 Å². The van der Waals surface area contributed by atoms with Gasteiger partial charge in [-0.3, -0.25) is 9.59 Å². The Hall–Kier alpha value is -3.14. The van der Waals surface area contributed by atoms with E-state index in [2.05, 4.69) is 15.3 Å². The lowest BCUT2D eigenvalue weighted by Crippen LogP contribution is -2.51. The summed E-state index contributed by atoms with van der Waals surface area (Å²) in [5, 5.41) is 3.40. The summed E-state index contributed by atoms with van der Waals surface area (Å²) >= 11 is 0. The monoisotopic (exact) mass is 414 g/mol. The van der Waals surface area contributed by atoms with Gasteiger partial charge in [-0.25, -0.2) is 4.98 Å². The van der Waals surface area contributed by atoms with Crippen molar-refractivity contribution in [2.45, 2.75) is 25.9 Å². The molecule has 0 spiro atoms. The maximum atomic E-state index is 12.5. The average molecular weight is 414 g/mol. The smallest absolute Gasteiger partial charge is 0.251 e. The molecule has 10 nitrogen and oxygen atoms in total. The number of fused-ring (bicyclic) bond motifs is 1. The van der Waals surface area contributed by atoms with Crippen LogP contribution in [0.4, 0.5) is 17.5 Å². The van der Waals surface area contributed by atoms with Crippen molar-refractivity contribution >= 4 is 40.2 Å². The number of nitrogens with two attached hydrogens (primary N) is 1. The van der Waals surface area contributed by atoms with Gasteiger partial charge >= 0.3 is 0 Å². The van der Waals surface area contributed by atoms with Crippen LogP contribution in [0.1, 0.15) is 19.8 Å². The molecule has 3 heterocycles. The molecule has 2 amide bonds. The molecule has 2 aliphatic heterocycles. The van der Waals surface area contributed by atoms with Gasteiger partial charge in [-0.05, 0) is 25.0 Å². The summed E-state index contributed by atoms with van der Waals surface area (Å²) in [7, 11) is 1.52. The summed E-state index contributed by atoms with van der Waals surface area (Å²) in [6.45, 7) is 4.47. The number of hydrogen-bond donors (Lipinski definition) is 2. The lowest BCUT2D eigenvalue weighted by atomic mass is 10.2. The van der Waals surface area contributed by atoms with Crippen LogP contribution in [-0.4, -0.2) is 72.7 Å². The van der Waals surface area contributed by atoms with Crippen molar-refractivity contribution in [2.75, 3.05) is 55.8 Å². The van der Waals surface area contributed by atoms with Crippen molar-refractivity contribution in [3.8, 4) is 5.75 Å². The first-order chi connectivity index (χ1) is 14.5. The predicted molar refractivity (Wildman–Crippen MR) is 113 cm³/mol. The van der Waals surface area contributed by atoms with Gasteiger partial charge in [0.1, 0.15) is 17.7 Å². The molecular formula is C20H26N6O4. The normalized spacial score (nSPS) is 19.2. The second kappa shape index (κ2) is 8.31. The Morgan fingerprint density at radius 3 is 2.63 bits per heavy atom. The van der Waals surface area contributed by atoms with Crippen LogP contribution >= 0.6 is 0 Å². The number of ether oxygens (including phenoxy) is 2. The van der Waals surface area contributed by atoms with Crippen molar-refractivity contribution in [1.82, 2.24) is 14.9 Å². The SMILES string of the molecule is COc1cc2c(N)nc(N3CCN(C(=O)C4CCCO4)CC3)nc2cc1NC(C)=O. The molecule has 2 fully saturated rings. The first kappa shape index (κ1) is 20.1. The average Bonchev–Trinajstić information content (AvgIpc) is 3.27. The lowest BCUT2D eigenvalue weighted by molar-refractivity contribution is -0.141. The lowest BCUT2D eigenvalue weighted by Gasteiger charge is -2.35. The Labute approximate surface area is 174 Å². The summed E-state index contributed by atoms with van der Waals surface area (Å²) in [5.41, 5.74) is 7.33. The van der Waals surface area contributed by atoms with Crippen LogP contribution < -0.4 is 20.7 Å². The van der Waals surface area contributed by atoms with E-state index in [1.54, 1.807) is 12.1 Å². The van der Waals surface area contributed by atoms with E-state index in [9.17, 15) is 9.59 Å². The molecular weight excluding hydrogens is 388 g/mol. The van der Waals surface area contributed by atoms with E-state index in [-0.39, 0.29) is 17.9 Å². The van der Waals surface area contributed by atoms with Crippen LogP contribution in [0, 0.1) is 0 Å². The summed E-state index contributed by atoms with van der Waals surface area (Å²) in [6.07, 6.45) is 1.43. The number of carbonyl (C=O) groups is 2. The largest absolute Gasteiger partial charge is 0.495 e. The number of rotatable bonds is 4. The Morgan fingerprint density at radius 2 is 2.00 bits per heavy atom. The molecule has 1 unspecified atom stereocenters. The maximum Gasteiger partial charge on any atom is 0.251 e. The highest BCUT2D eigenvalue weighted by molar-refractivity contribution is 5.98. The van der Waals surface area contributed by atoms with Gasteiger partial charge in [0, 0.05) is 45.1 Å². The third-order valence-electron chi connectivity index (χ3n) is 5.42. The topological polar surface area (TPSA) is 123 Å². The van der Waals surface area contributed by atoms with Gasteiger partial charge in [-0.15, -0.1) is 0 Å². The van der Waals surface area contributed by atoms with Crippen LogP contribution in [-0.2, 0) is 14.3 Å². The van der Waals surface area contributed by atoms with Gasteiger partial charge in [0.25, 0.3) is 5.91 Å². The summed E-state index contributed by atoms with van der Waals surface area (Å²) in [5.74, 6) is 1.19. The van der Waals surface area contributed by atoms with E-state index < -0.39 is 0 Å². The number of benzene rings is 1. The fraction of sp³-hybridized carbons (Fsp3) is 0.500. The van der Waals surface area contributed by atoms with E-state index in [4.69, 9.17) is 15.2 Å². The summed E-state index contributed by atoms with van der Waals surface area (Å²) < 4.78 is 10.9. The quantitative estimate of drug-likeness (QED) is 0.760. The zero-order valence-corrected chi connectivity index (χ0v) is 17.2. The Kier molecular flexibility index (Phi) is 5.58. The van der Waals surface area contributed by atoms with E-state index in [1.165, 1.54) is 14.0 Å². The first-order valence-corrected chi connectivity index (χ1v) is 10.0. The molecule has 2 aromatic rings. The van der Waals surface area contributed by atoms with Crippen molar-refractivity contribution < 1.29 is 19.1 Å². The third kappa shape index (κ3) is 3.95. The minimum absolute atomic E-state index is 0.0677. The third-order valence-corrected chi connectivity index (χ3v) is 5.42. The van der Waals surface area contributed by atoms with Gasteiger partial charge in [0.2, 0.25) is 11.9 Å². The van der Waals surface area contributed by atoms with Crippen LogP contribution in [0.15, 0.2) is 12.1 Å². The van der Waals surface area contributed by atoms with E-state index in [0.29, 0.717) is 66.9 Å². The maximum absolute atomic E-state index is 12.5.